The number of ether oxygens (including phenoxy) is 1. The van der Waals surface area contributed by atoms with E-state index in [1.54, 1.807) is 0 Å². The predicted molar refractivity (Wildman–Crippen MR) is 75.5 cm³/mol. The molecule has 0 spiro atoms. The van der Waals surface area contributed by atoms with Gasteiger partial charge in [0.25, 0.3) is 0 Å². The Kier molecular flexibility index (Phi) is 5.66. The van der Waals surface area contributed by atoms with E-state index in [0.29, 0.717) is 31.9 Å². The smallest absolute Gasteiger partial charge is 0.379 e. The Morgan fingerprint density at radius 2 is 2.23 bits per heavy atom. The second-order valence-electron chi connectivity index (χ2n) is 5.01. The monoisotopic (exact) mass is 336 g/mol. The maximum Gasteiger partial charge on any atom is 0.417 e. The van der Waals surface area contributed by atoms with Gasteiger partial charge in [-0.2, -0.15) is 13.2 Å². The van der Waals surface area contributed by atoms with Gasteiger partial charge in [0.2, 0.25) is 5.91 Å². The first-order valence-corrected chi connectivity index (χ1v) is 7.17. The van der Waals surface area contributed by atoms with Crippen molar-refractivity contribution in [2.75, 3.05) is 26.3 Å². The number of nitrogens with one attached hydrogen (secondary N) is 2. The number of alkyl halides is 3. The molecule has 1 aromatic carbocycles. The molecule has 122 valence electrons. The lowest BCUT2D eigenvalue weighted by Gasteiger charge is -2.15. The normalized spacial score (nSPS) is 19.5. The molecule has 0 bridgehead atoms. The summed E-state index contributed by atoms with van der Waals surface area (Å²) in [4.78, 5) is 12.0. The van der Waals surface area contributed by atoms with Crippen molar-refractivity contribution in [3.05, 3.63) is 34.3 Å². The highest BCUT2D eigenvalue weighted by molar-refractivity contribution is 6.31. The van der Waals surface area contributed by atoms with Crippen LogP contribution < -0.4 is 10.6 Å². The lowest BCUT2D eigenvalue weighted by molar-refractivity contribution is -0.137. The zero-order valence-electron chi connectivity index (χ0n) is 11.7. The van der Waals surface area contributed by atoms with Gasteiger partial charge in [-0.1, -0.05) is 17.7 Å². The molecule has 8 heteroatoms. The van der Waals surface area contributed by atoms with Gasteiger partial charge >= 0.3 is 6.18 Å². The van der Waals surface area contributed by atoms with Gasteiger partial charge in [-0.05, 0) is 17.7 Å². The van der Waals surface area contributed by atoms with E-state index in [1.165, 1.54) is 12.1 Å². The largest absolute Gasteiger partial charge is 0.417 e. The molecule has 1 saturated heterocycles. The van der Waals surface area contributed by atoms with Gasteiger partial charge in [0, 0.05) is 19.6 Å². The third-order valence-corrected chi connectivity index (χ3v) is 3.64. The Morgan fingerprint density at radius 1 is 1.45 bits per heavy atom. The predicted octanol–water partition coefficient (Wildman–Crippen LogP) is 2.21. The number of carbonyl (C=O) groups is 1. The molecule has 0 aromatic heterocycles. The fourth-order valence-corrected chi connectivity index (χ4v) is 2.33. The molecule has 1 aliphatic heterocycles. The summed E-state index contributed by atoms with van der Waals surface area (Å²) in [5, 5.41) is 5.33. The number of carbonyl (C=O) groups excluding carboxylic acids is 1. The molecule has 1 heterocycles. The number of benzene rings is 1. The zero-order chi connectivity index (χ0) is 16.2. The molecule has 1 aliphatic rings. The lowest BCUT2D eigenvalue weighted by Crippen LogP contribution is -2.37. The standard InChI is InChI=1S/C14H16ClF3N2O2/c15-12-2-1-9(5-11(12)14(16,17)18)6-20-13(21)10-7-19-3-4-22-8-10/h1-2,5,10,19H,3-4,6-8H2,(H,20,21). The molecule has 22 heavy (non-hydrogen) atoms. The van der Waals surface area contributed by atoms with Crippen LogP contribution in [0.1, 0.15) is 11.1 Å². The molecule has 0 aliphatic carbocycles. The second-order valence-corrected chi connectivity index (χ2v) is 5.41. The number of amides is 1. The van der Waals surface area contributed by atoms with E-state index in [2.05, 4.69) is 10.6 Å². The van der Waals surface area contributed by atoms with Gasteiger partial charge < -0.3 is 15.4 Å². The molecule has 1 unspecified atom stereocenters. The van der Waals surface area contributed by atoms with Crippen LogP contribution >= 0.6 is 11.6 Å². The minimum absolute atomic E-state index is 0.00951. The summed E-state index contributed by atoms with van der Waals surface area (Å²) in [6.45, 7) is 2.01. The Morgan fingerprint density at radius 3 is 2.95 bits per heavy atom. The maximum absolute atomic E-state index is 12.8. The molecule has 1 atom stereocenters. The van der Waals surface area contributed by atoms with Crippen LogP contribution in [0.4, 0.5) is 13.2 Å². The number of hydrogen-bond donors (Lipinski definition) is 2. The molecule has 4 nitrogen and oxygen atoms in total. The van der Waals surface area contributed by atoms with E-state index in [-0.39, 0.29) is 23.4 Å². The minimum Gasteiger partial charge on any atom is -0.379 e. The lowest BCUT2D eigenvalue weighted by atomic mass is 10.1. The number of hydrogen-bond acceptors (Lipinski definition) is 3. The van der Waals surface area contributed by atoms with Crippen molar-refractivity contribution >= 4 is 17.5 Å². The van der Waals surface area contributed by atoms with E-state index in [0.717, 1.165) is 6.07 Å². The van der Waals surface area contributed by atoms with E-state index in [9.17, 15) is 18.0 Å². The van der Waals surface area contributed by atoms with Crippen LogP contribution in [0.5, 0.6) is 0 Å². The zero-order valence-corrected chi connectivity index (χ0v) is 12.4. The first kappa shape index (κ1) is 17.1. The molecule has 1 amide bonds. The van der Waals surface area contributed by atoms with Crippen LogP contribution in [0, 0.1) is 5.92 Å². The number of rotatable bonds is 3. The fraction of sp³-hybridized carbons (Fsp3) is 0.500. The molecule has 0 radical (unpaired) electrons. The van der Waals surface area contributed by atoms with Crippen LogP contribution in [0.15, 0.2) is 18.2 Å². The quantitative estimate of drug-likeness (QED) is 0.890. The molecule has 1 aromatic rings. The van der Waals surface area contributed by atoms with Crippen molar-refractivity contribution in [3.63, 3.8) is 0 Å². The van der Waals surface area contributed by atoms with E-state index >= 15 is 0 Å². The third-order valence-electron chi connectivity index (χ3n) is 3.31. The Labute approximate surface area is 131 Å². The summed E-state index contributed by atoms with van der Waals surface area (Å²) >= 11 is 5.55. The van der Waals surface area contributed by atoms with Crippen molar-refractivity contribution in [1.82, 2.24) is 10.6 Å². The Hall–Kier alpha value is -1.31. The SMILES string of the molecule is O=C(NCc1ccc(Cl)c(C(F)(F)F)c1)C1CNCCOC1. The van der Waals surface area contributed by atoms with Crippen molar-refractivity contribution in [2.24, 2.45) is 5.92 Å². The molecule has 1 fully saturated rings. The van der Waals surface area contributed by atoms with E-state index in [4.69, 9.17) is 16.3 Å². The maximum atomic E-state index is 12.8. The molecule has 2 N–H and O–H groups in total. The summed E-state index contributed by atoms with van der Waals surface area (Å²) < 4.78 is 43.6. The topological polar surface area (TPSA) is 50.4 Å². The first-order chi connectivity index (χ1) is 10.4. The summed E-state index contributed by atoms with van der Waals surface area (Å²) in [7, 11) is 0. The van der Waals surface area contributed by atoms with Gasteiger partial charge in [0.1, 0.15) is 0 Å². The van der Waals surface area contributed by atoms with E-state index in [1.807, 2.05) is 0 Å². The summed E-state index contributed by atoms with van der Waals surface area (Å²) in [6.07, 6.45) is -4.52. The Balaban J connectivity index is 1.97. The van der Waals surface area contributed by atoms with Crippen LogP contribution in [-0.2, 0) is 22.3 Å². The summed E-state index contributed by atoms with van der Waals surface area (Å²) in [5.41, 5.74) is -0.562. The van der Waals surface area contributed by atoms with Crippen LogP contribution in [-0.4, -0.2) is 32.2 Å². The fourth-order valence-electron chi connectivity index (χ4n) is 2.11. The van der Waals surface area contributed by atoms with Crippen LogP contribution in [0.25, 0.3) is 0 Å². The van der Waals surface area contributed by atoms with Crippen molar-refractivity contribution in [2.45, 2.75) is 12.7 Å². The van der Waals surface area contributed by atoms with Gasteiger partial charge in [0.05, 0.1) is 29.7 Å². The molecular formula is C14H16ClF3N2O2. The highest BCUT2D eigenvalue weighted by Crippen LogP contribution is 2.35. The van der Waals surface area contributed by atoms with Crippen LogP contribution in [0.3, 0.4) is 0 Å². The summed E-state index contributed by atoms with van der Waals surface area (Å²) in [5.74, 6) is -0.602. The minimum atomic E-state index is -4.52. The average molecular weight is 337 g/mol. The highest BCUT2D eigenvalue weighted by Gasteiger charge is 2.33. The molecular weight excluding hydrogens is 321 g/mol. The van der Waals surface area contributed by atoms with Crippen molar-refractivity contribution in [3.8, 4) is 0 Å². The van der Waals surface area contributed by atoms with Gasteiger partial charge in [-0.3, -0.25) is 4.79 Å². The van der Waals surface area contributed by atoms with Gasteiger partial charge in [-0.25, -0.2) is 0 Å². The third kappa shape index (κ3) is 4.59. The van der Waals surface area contributed by atoms with Gasteiger partial charge in [-0.15, -0.1) is 0 Å². The highest BCUT2D eigenvalue weighted by atomic mass is 35.5. The van der Waals surface area contributed by atoms with Crippen molar-refractivity contribution in [1.29, 1.82) is 0 Å². The Bertz CT molecular complexity index is 529. The molecule has 2 rings (SSSR count). The van der Waals surface area contributed by atoms with Gasteiger partial charge in [0.15, 0.2) is 0 Å². The van der Waals surface area contributed by atoms with Crippen LogP contribution in [0.2, 0.25) is 5.02 Å². The van der Waals surface area contributed by atoms with Crippen molar-refractivity contribution < 1.29 is 22.7 Å². The van der Waals surface area contributed by atoms with E-state index < -0.39 is 11.7 Å². The first-order valence-electron chi connectivity index (χ1n) is 6.79. The molecule has 0 saturated carbocycles. The average Bonchev–Trinajstić information content (AvgIpc) is 2.74. The second kappa shape index (κ2) is 7.30. The number of halogens is 4. The summed E-state index contributed by atoms with van der Waals surface area (Å²) in [6, 6.07) is 3.59.